The zero-order chi connectivity index (χ0) is 19.8. The number of Topliss-reactive ketones (excluding diaryl/α,β-unsaturated/α-hetero) is 1. The fourth-order valence-electron chi connectivity index (χ4n) is 5.04. The number of ketones is 1. The van der Waals surface area contributed by atoms with E-state index in [1.165, 1.54) is 4.13 Å². The Bertz CT molecular complexity index is 821. The number of carbonyl (C=O) groups is 1. The predicted molar refractivity (Wildman–Crippen MR) is 77.8 cm³/mol. The maximum Gasteiger partial charge on any atom is 0.480 e. The van der Waals surface area contributed by atoms with Gasteiger partial charge in [0, 0.05) is 6.42 Å². The van der Waals surface area contributed by atoms with E-state index < -0.39 is 48.4 Å². The van der Waals surface area contributed by atoms with Crippen molar-refractivity contribution in [2.45, 2.75) is 49.3 Å². The summed E-state index contributed by atoms with van der Waals surface area (Å²) in [5.41, 5.74) is -6.94. The third kappa shape index (κ3) is 2.95. The van der Waals surface area contributed by atoms with Crippen LogP contribution >= 0.6 is 0 Å². The topological polar surface area (TPSA) is 99.4 Å². The van der Waals surface area contributed by atoms with Crippen LogP contribution in [0.4, 0.5) is 22.0 Å². The van der Waals surface area contributed by atoms with Crippen molar-refractivity contribution in [3.05, 3.63) is 4.13 Å². The van der Waals surface area contributed by atoms with Crippen molar-refractivity contribution >= 4 is 25.8 Å². The lowest BCUT2D eigenvalue weighted by atomic mass is 9.72. The van der Waals surface area contributed by atoms with E-state index in [0.717, 1.165) is 19.3 Å². The van der Waals surface area contributed by atoms with Crippen molar-refractivity contribution < 1.29 is 43.6 Å². The van der Waals surface area contributed by atoms with Crippen LogP contribution < -0.4 is 0 Å². The molecule has 0 N–H and O–H groups in total. The van der Waals surface area contributed by atoms with E-state index in [1.807, 2.05) is 0 Å². The van der Waals surface area contributed by atoms with Gasteiger partial charge in [0.25, 0.3) is 0 Å². The largest absolute Gasteiger partial charge is 0.480 e. The van der Waals surface area contributed by atoms with E-state index in [-0.39, 0.29) is 17.8 Å². The molecular formula is C13H15F5NO5S2-. The van der Waals surface area contributed by atoms with Gasteiger partial charge in [0.1, 0.15) is 0 Å². The van der Waals surface area contributed by atoms with Gasteiger partial charge < -0.3 is 4.13 Å². The first-order valence-electron chi connectivity index (χ1n) is 7.81. The molecule has 4 saturated carbocycles. The fourth-order valence-corrected chi connectivity index (χ4v) is 7.14. The maximum atomic E-state index is 14.1. The van der Waals surface area contributed by atoms with Crippen LogP contribution in [0.15, 0.2) is 0 Å². The summed E-state index contributed by atoms with van der Waals surface area (Å²) in [5, 5.41) is -5.33. The molecule has 2 unspecified atom stereocenters. The average Bonchev–Trinajstić information content (AvgIpc) is 2.80. The maximum absolute atomic E-state index is 14.1. The minimum absolute atomic E-state index is 0.00421. The summed E-state index contributed by atoms with van der Waals surface area (Å²) in [6, 6.07) is 0. The number of hydrogen-bond acceptors (Lipinski definition) is 5. The van der Waals surface area contributed by atoms with Crippen molar-refractivity contribution in [1.82, 2.24) is 0 Å². The molecule has 4 aliphatic rings. The number of rotatable bonds is 6. The summed E-state index contributed by atoms with van der Waals surface area (Å²) in [6.07, 6.45) is 2.63. The minimum atomic E-state index is -6.72. The molecule has 13 heteroatoms. The Morgan fingerprint density at radius 3 is 1.88 bits per heavy atom. The zero-order valence-corrected chi connectivity index (χ0v) is 14.8. The third-order valence-electron chi connectivity index (χ3n) is 5.81. The van der Waals surface area contributed by atoms with E-state index in [9.17, 15) is 43.6 Å². The van der Waals surface area contributed by atoms with Crippen LogP contribution in [0, 0.1) is 23.2 Å². The Morgan fingerprint density at radius 2 is 1.42 bits per heavy atom. The van der Waals surface area contributed by atoms with Crippen LogP contribution in [0.25, 0.3) is 4.13 Å². The highest BCUT2D eigenvalue weighted by molar-refractivity contribution is 8.13. The van der Waals surface area contributed by atoms with E-state index in [0.29, 0.717) is 12.8 Å². The van der Waals surface area contributed by atoms with Crippen molar-refractivity contribution in [2.75, 3.05) is 0 Å². The molecule has 0 aliphatic heterocycles. The lowest BCUT2D eigenvalue weighted by molar-refractivity contribution is -0.136. The molecule has 0 saturated heterocycles. The second-order valence-electron chi connectivity index (χ2n) is 7.49. The van der Waals surface area contributed by atoms with Gasteiger partial charge in [0.15, 0.2) is 20.0 Å². The minimum Gasteiger partial charge on any atom is -0.423 e. The summed E-state index contributed by atoms with van der Waals surface area (Å²) < 4.78 is 111. The first-order chi connectivity index (χ1) is 11.6. The van der Waals surface area contributed by atoms with Crippen LogP contribution in [0.1, 0.15) is 38.5 Å². The molecule has 0 amide bonds. The molecule has 0 radical (unpaired) electrons. The molecule has 0 heterocycles. The first-order valence-corrected chi connectivity index (χ1v) is 10.7. The molecule has 4 fully saturated rings. The van der Waals surface area contributed by atoms with E-state index >= 15 is 0 Å². The van der Waals surface area contributed by atoms with E-state index in [4.69, 9.17) is 0 Å². The van der Waals surface area contributed by atoms with Crippen molar-refractivity contribution in [1.29, 1.82) is 0 Å². The smallest absolute Gasteiger partial charge is 0.423 e. The van der Waals surface area contributed by atoms with Gasteiger partial charge in [-0.25, -0.2) is 16.8 Å². The van der Waals surface area contributed by atoms with Gasteiger partial charge in [-0.2, -0.15) is 22.0 Å². The lowest BCUT2D eigenvalue weighted by Crippen LogP contribution is -2.42. The molecule has 0 aromatic heterocycles. The first kappa shape index (κ1) is 19.9. The number of sulfonamides is 2. The molecule has 4 rings (SSSR count). The molecule has 2 atom stereocenters. The molecule has 26 heavy (non-hydrogen) atoms. The highest BCUT2D eigenvalue weighted by atomic mass is 32.3. The van der Waals surface area contributed by atoms with Gasteiger partial charge in [-0.15, -0.1) is 0 Å². The Kier molecular flexibility index (Phi) is 4.29. The normalized spacial score (nSPS) is 34.4. The fraction of sp³-hybridized carbons (Fsp3) is 0.923. The molecule has 0 spiro atoms. The molecule has 4 bridgehead atoms. The Balaban J connectivity index is 1.80. The SMILES string of the molecule is O=C(CC12CC3CC(CC1C3)C2)C(F)(F)S(=O)(=O)[N-]S(=O)(=O)C(F)(F)F. The van der Waals surface area contributed by atoms with Gasteiger partial charge >= 0.3 is 10.8 Å². The predicted octanol–water partition coefficient (Wildman–Crippen LogP) is 2.92. The average molecular weight is 424 g/mol. The molecule has 6 nitrogen and oxygen atoms in total. The number of halogens is 5. The number of nitrogens with zero attached hydrogens (tertiary/aromatic N) is 1. The lowest BCUT2D eigenvalue weighted by Gasteiger charge is -2.34. The van der Waals surface area contributed by atoms with Crippen LogP contribution in [-0.4, -0.2) is 33.4 Å². The quantitative estimate of drug-likeness (QED) is 0.611. The Morgan fingerprint density at radius 1 is 0.923 bits per heavy atom. The summed E-state index contributed by atoms with van der Waals surface area (Å²) >= 11 is 0. The second kappa shape index (κ2) is 5.60. The van der Waals surface area contributed by atoms with Crippen molar-refractivity contribution in [3.8, 4) is 0 Å². The number of alkyl halides is 5. The van der Waals surface area contributed by atoms with Crippen LogP contribution in [0.3, 0.4) is 0 Å². The van der Waals surface area contributed by atoms with Gasteiger partial charge in [-0.1, -0.05) is 0 Å². The van der Waals surface area contributed by atoms with Crippen molar-refractivity contribution in [3.63, 3.8) is 0 Å². The number of hydrogen-bond donors (Lipinski definition) is 0. The van der Waals surface area contributed by atoms with Gasteiger partial charge in [0.05, 0.1) is 0 Å². The summed E-state index contributed by atoms with van der Waals surface area (Å²) in [7, 11) is -13.3. The van der Waals surface area contributed by atoms with Crippen LogP contribution in [0.5, 0.6) is 0 Å². The monoisotopic (exact) mass is 424 g/mol. The van der Waals surface area contributed by atoms with E-state index in [2.05, 4.69) is 0 Å². The van der Waals surface area contributed by atoms with E-state index in [1.54, 1.807) is 0 Å². The zero-order valence-electron chi connectivity index (χ0n) is 13.2. The summed E-state index contributed by atoms with van der Waals surface area (Å²) in [6.45, 7) is 0. The van der Waals surface area contributed by atoms with Crippen molar-refractivity contribution in [2.24, 2.45) is 23.2 Å². The highest BCUT2D eigenvalue weighted by Gasteiger charge is 2.61. The Labute approximate surface area is 146 Å². The van der Waals surface area contributed by atoms with Gasteiger partial charge in [-0.05, 0) is 55.3 Å². The van der Waals surface area contributed by atoms with Crippen LogP contribution in [-0.2, 0) is 24.8 Å². The molecule has 0 aromatic rings. The molecule has 0 aromatic carbocycles. The second-order valence-corrected chi connectivity index (χ2v) is 11.0. The summed E-state index contributed by atoms with van der Waals surface area (Å²) in [5.74, 6) is -1.54. The number of carbonyl (C=O) groups excluding carboxylic acids is 1. The summed E-state index contributed by atoms with van der Waals surface area (Å²) in [4.78, 5) is 12.0. The third-order valence-corrected chi connectivity index (χ3v) is 8.84. The standard InChI is InChI=1S/C13H15F5NO5S2/c14-12(15,25(21,22)19-26(23,24)13(16,17)18)10(20)6-11-4-7-1-8(5-11)3-9(11)2-7/h7-9H,1-6H2/q-1. The van der Waals surface area contributed by atoms with Gasteiger partial charge in [0.2, 0.25) is 5.78 Å². The molecule has 4 aliphatic carbocycles. The van der Waals surface area contributed by atoms with Crippen LogP contribution in [0.2, 0.25) is 0 Å². The Hall–Kier alpha value is -0.820. The molecular weight excluding hydrogens is 409 g/mol. The molecule has 150 valence electrons. The van der Waals surface area contributed by atoms with Gasteiger partial charge in [-0.3, -0.25) is 4.79 Å². The highest BCUT2D eigenvalue weighted by Crippen LogP contribution is 2.67.